The average Bonchev–Trinajstić information content (AvgIpc) is 2.97. The lowest BCUT2D eigenvalue weighted by atomic mass is 10.0. The van der Waals surface area contributed by atoms with Crippen LogP contribution >= 0.6 is 30.5 Å². The van der Waals surface area contributed by atoms with Crippen molar-refractivity contribution in [3.8, 4) is 0 Å². The molecular weight excluding hydrogens is 461 g/mol. The average molecular weight is 487 g/mol. The normalized spacial score (nSPS) is 13.5. The summed E-state index contributed by atoms with van der Waals surface area (Å²) in [6.07, 6.45) is -0.516. The molecule has 1 atom stereocenters. The second-order valence-electron chi connectivity index (χ2n) is 8.05. The molecular formula is C23H26ClF2O3PS. The minimum atomic E-state index is -3.69. The number of rotatable bonds is 8. The van der Waals surface area contributed by atoms with E-state index in [9.17, 15) is 13.3 Å². The number of hydrogen-bond donors (Lipinski definition) is 0. The van der Waals surface area contributed by atoms with E-state index < -0.39 is 24.9 Å². The predicted octanol–water partition coefficient (Wildman–Crippen LogP) is 8.47. The summed E-state index contributed by atoms with van der Waals surface area (Å²) < 4.78 is 54.4. The molecule has 168 valence electrons. The highest BCUT2D eigenvalue weighted by Gasteiger charge is 2.41. The van der Waals surface area contributed by atoms with Crippen LogP contribution in [0.1, 0.15) is 49.4 Å². The van der Waals surface area contributed by atoms with Crippen molar-refractivity contribution < 1.29 is 22.4 Å². The summed E-state index contributed by atoms with van der Waals surface area (Å²) in [5.41, 5.74) is 0.757. The minimum absolute atomic E-state index is 0.176. The molecule has 0 aliphatic heterocycles. The highest BCUT2D eigenvalue weighted by Crippen LogP contribution is 2.65. The van der Waals surface area contributed by atoms with Crippen molar-refractivity contribution in [1.29, 1.82) is 0 Å². The van der Waals surface area contributed by atoms with Crippen molar-refractivity contribution >= 4 is 40.6 Å². The van der Waals surface area contributed by atoms with Gasteiger partial charge in [0.1, 0.15) is 0 Å². The van der Waals surface area contributed by atoms with Crippen LogP contribution in [0.5, 0.6) is 0 Å². The Bertz CT molecular complexity index is 1120. The molecule has 2 aromatic carbocycles. The molecule has 31 heavy (non-hydrogen) atoms. The van der Waals surface area contributed by atoms with Crippen LogP contribution in [0.2, 0.25) is 5.02 Å². The van der Waals surface area contributed by atoms with Crippen LogP contribution in [-0.2, 0) is 20.0 Å². The first-order chi connectivity index (χ1) is 14.5. The number of thiophene rings is 1. The van der Waals surface area contributed by atoms with Gasteiger partial charge in [0.15, 0.2) is 11.6 Å². The van der Waals surface area contributed by atoms with Gasteiger partial charge >= 0.3 is 7.60 Å². The molecule has 0 fully saturated rings. The molecule has 3 aromatic rings. The van der Waals surface area contributed by atoms with Gasteiger partial charge in [0.05, 0.1) is 17.9 Å². The van der Waals surface area contributed by atoms with E-state index in [0.717, 1.165) is 32.7 Å². The third-order valence-electron chi connectivity index (χ3n) is 4.75. The molecule has 0 aliphatic carbocycles. The van der Waals surface area contributed by atoms with E-state index in [1.807, 2.05) is 25.1 Å². The quantitative estimate of drug-likeness (QED) is 0.299. The zero-order valence-corrected chi connectivity index (χ0v) is 20.6. The van der Waals surface area contributed by atoms with E-state index in [-0.39, 0.29) is 18.6 Å². The van der Waals surface area contributed by atoms with Crippen molar-refractivity contribution in [2.45, 2.75) is 58.9 Å². The Hall–Kier alpha value is -1.30. The van der Waals surface area contributed by atoms with Gasteiger partial charge in [-0.05, 0) is 87.9 Å². The molecule has 0 bridgehead atoms. The van der Waals surface area contributed by atoms with Gasteiger partial charge in [0, 0.05) is 14.6 Å². The number of hydrogen-bond acceptors (Lipinski definition) is 4. The minimum Gasteiger partial charge on any atom is -0.305 e. The third-order valence-corrected chi connectivity index (χ3v) is 9.18. The number of halogens is 3. The van der Waals surface area contributed by atoms with Crippen molar-refractivity contribution in [1.82, 2.24) is 0 Å². The van der Waals surface area contributed by atoms with E-state index in [4.69, 9.17) is 20.6 Å². The first-order valence-electron chi connectivity index (χ1n) is 10.1. The standard InChI is InChI=1S/C23H26ClF2O3PS/c1-13(2)28-30(27,29-14(3)4)21(11-16-6-8-19(25)20(26)10-16)23-15(5)18-12-17(24)7-9-22(18)31-23/h6-10,12-14,21H,11H2,1-5H3. The second kappa shape index (κ2) is 9.68. The molecule has 8 heteroatoms. The largest absolute Gasteiger partial charge is 0.339 e. The van der Waals surface area contributed by atoms with Gasteiger partial charge in [0.2, 0.25) is 0 Å². The maximum absolute atomic E-state index is 14.2. The Morgan fingerprint density at radius 1 is 1.00 bits per heavy atom. The lowest BCUT2D eigenvalue weighted by Gasteiger charge is -2.30. The first kappa shape index (κ1) is 24.3. The van der Waals surface area contributed by atoms with Crippen LogP contribution < -0.4 is 0 Å². The summed E-state index contributed by atoms with van der Waals surface area (Å²) in [5.74, 6) is -1.87. The Balaban J connectivity index is 2.18. The van der Waals surface area contributed by atoms with Gasteiger partial charge in [-0.2, -0.15) is 0 Å². The third kappa shape index (κ3) is 5.55. The lowest BCUT2D eigenvalue weighted by Crippen LogP contribution is -2.15. The number of benzene rings is 2. The van der Waals surface area contributed by atoms with Gasteiger partial charge in [-0.1, -0.05) is 17.7 Å². The topological polar surface area (TPSA) is 35.5 Å². The van der Waals surface area contributed by atoms with E-state index >= 15 is 0 Å². The molecule has 0 amide bonds. The van der Waals surface area contributed by atoms with Gasteiger partial charge < -0.3 is 9.05 Å². The fourth-order valence-corrected chi connectivity index (χ4v) is 7.86. The van der Waals surface area contributed by atoms with Crippen molar-refractivity contribution in [2.24, 2.45) is 0 Å². The Kier molecular flexibility index (Phi) is 7.60. The molecule has 3 nitrogen and oxygen atoms in total. The van der Waals surface area contributed by atoms with E-state index in [1.54, 1.807) is 27.7 Å². The molecule has 1 heterocycles. The van der Waals surface area contributed by atoms with Crippen LogP contribution in [0.15, 0.2) is 36.4 Å². The number of aryl methyl sites for hydroxylation is 1. The summed E-state index contributed by atoms with van der Waals surface area (Å²) >= 11 is 7.68. The first-order valence-corrected chi connectivity index (χ1v) is 12.9. The van der Waals surface area contributed by atoms with E-state index in [2.05, 4.69) is 0 Å². The van der Waals surface area contributed by atoms with E-state index in [0.29, 0.717) is 10.6 Å². The Morgan fingerprint density at radius 3 is 2.23 bits per heavy atom. The van der Waals surface area contributed by atoms with Gasteiger partial charge in [-0.3, -0.25) is 4.57 Å². The van der Waals surface area contributed by atoms with Crippen LogP contribution in [0.3, 0.4) is 0 Å². The van der Waals surface area contributed by atoms with Gasteiger partial charge in [-0.15, -0.1) is 11.3 Å². The SMILES string of the molecule is Cc1c(C(Cc2ccc(F)c(F)c2)P(=O)(OC(C)C)OC(C)C)sc2ccc(Cl)cc12. The molecule has 0 spiro atoms. The Labute approximate surface area is 190 Å². The van der Waals surface area contributed by atoms with Crippen LogP contribution in [0.4, 0.5) is 8.78 Å². The molecule has 0 saturated carbocycles. The van der Waals surface area contributed by atoms with Crippen LogP contribution in [-0.4, -0.2) is 12.2 Å². The summed E-state index contributed by atoms with van der Waals surface area (Å²) in [4.78, 5) is 0.826. The fourth-order valence-electron chi connectivity index (χ4n) is 3.53. The maximum Gasteiger partial charge on any atom is 0.339 e. The molecule has 1 aromatic heterocycles. The molecule has 3 rings (SSSR count). The second-order valence-corrected chi connectivity index (χ2v) is 11.7. The maximum atomic E-state index is 14.2. The zero-order valence-electron chi connectivity index (χ0n) is 18.1. The number of fused-ring (bicyclic) bond motifs is 1. The summed E-state index contributed by atoms with van der Waals surface area (Å²) in [6.45, 7) is 9.12. The zero-order chi connectivity index (χ0) is 22.9. The van der Waals surface area contributed by atoms with Crippen molar-refractivity contribution in [3.63, 3.8) is 0 Å². The molecule has 1 unspecified atom stereocenters. The predicted molar refractivity (Wildman–Crippen MR) is 124 cm³/mol. The highest BCUT2D eigenvalue weighted by atomic mass is 35.5. The molecule has 0 aliphatic rings. The monoisotopic (exact) mass is 486 g/mol. The highest BCUT2D eigenvalue weighted by molar-refractivity contribution is 7.54. The smallest absolute Gasteiger partial charge is 0.305 e. The molecule has 0 radical (unpaired) electrons. The summed E-state index contributed by atoms with van der Waals surface area (Å²) in [7, 11) is -3.69. The summed E-state index contributed by atoms with van der Waals surface area (Å²) in [6, 6.07) is 9.32. The van der Waals surface area contributed by atoms with Crippen molar-refractivity contribution in [2.75, 3.05) is 0 Å². The molecule has 0 N–H and O–H groups in total. The Morgan fingerprint density at radius 2 is 1.65 bits per heavy atom. The van der Waals surface area contributed by atoms with E-state index in [1.165, 1.54) is 17.4 Å². The van der Waals surface area contributed by atoms with Gasteiger partial charge in [0.25, 0.3) is 0 Å². The van der Waals surface area contributed by atoms with Gasteiger partial charge in [-0.25, -0.2) is 8.78 Å². The van der Waals surface area contributed by atoms with Crippen LogP contribution in [0.25, 0.3) is 10.1 Å². The molecule has 0 saturated heterocycles. The lowest BCUT2D eigenvalue weighted by molar-refractivity contribution is 0.136. The summed E-state index contributed by atoms with van der Waals surface area (Å²) in [5, 5.41) is 1.57. The van der Waals surface area contributed by atoms with Crippen LogP contribution in [0, 0.1) is 18.6 Å². The fraction of sp³-hybridized carbons (Fsp3) is 0.391. The van der Waals surface area contributed by atoms with Crippen molar-refractivity contribution in [3.05, 3.63) is 69.1 Å².